The molecule has 1 amide bonds. The van der Waals surface area contributed by atoms with Crippen LogP contribution in [0, 0.1) is 0 Å². The molecule has 7 nitrogen and oxygen atoms in total. The summed E-state index contributed by atoms with van der Waals surface area (Å²) >= 11 is 0. The van der Waals surface area contributed by atoms with Crippen molar-refractivity contribution in [3.05, 3.63) is 84.4 Å². The van der Waals surface area contributed by atoms with E-state index in [4.69, 9.17) is 0 Å². The number of rotatable bonds is 9. The third-order valence-corrected chi connectivity index (χ3v) is 4.65. The Bertz CT molecular complexity index is 983. The van der Waals surface area contributed by atoms with Gasteiger partial charge in [0.25, 0.3) is 5.91 Å². The molecule has 0 bridgehead atoms. The number of nitrogens with one attached hydrogen (secondary N) is 3. The van der Waals surface area contributed by atoms with Gasteiger partial charge in [-0.25, -0.2) is 9.78 Å². The van der Waals surface area contributed by atoms with Crippen LogP contribution in [-0.2, 0) is 20.7 Å². The topological polar surface area (TPSA) is 96.1 Å². The molecule has 0 saturated heterocycles. The maximum atomic E-state index is 15.4. The number of esters is 1. The Morgan fingerprint density at radius 1 is 1.10 bits per heavy atom. The van der Waals surface area contributed by atoms with Crippen LogP contribution in [0.3, 0.4) is 0 Å². The number of benzene rings is 2. The lowest BCUT2D eigenvalue weighted by Crippen LogP contribution is -2.53. The van der Waals surface area contributed by atoms with Crippen LogP contribution in [0.5, 0.6) is 0 Å². The molecule has 162 valence electrons. The van der Waals surface area contributed by atoms with Crippen LogP contribution in [0.1, 0.15) is 17.3 Å². The number of ether oxygens (including phenoxy) is 1. The molecular weight excluding hydrogens is 406 g/mol. The fraction of sp³-hybridized carbons (Fsp3) is 0.227. The number of nitrogens with zero attached hydrogens (tertiary/aromatic N) is 1. The number of para-hydroxylation sites is 1. The van der Waals surface area contributed by atoms with Crippen LogP contribution < -0.4 is 10.6 Å². The van der Waals surface area contributed by atoms with Gasteiger partial charge in [-0.05, 0) is 17.7 Å². The number of amides is 1. The Labute approximate surface area is 177 Å². The summed E-state index contributed by atoms with van der Waals surface area (Å²) in [4.78, 5) is 31.4. The Morgan fingerprint density at radius 2 is 1.74 bits per heavy atom. The van der Waals surface area contributed by atoms with E-state index in [9.17, 15) is 9.59 Å². The van der Waals surface area contributed by atoms with E-state index in [2.05, 4.69) is 25.3 Å². The molecule has 3 rings (SSSR count). The Balaban J connectivity index is 1.86. The summed E-state index contributed by atoms with van der Waals surface area (Å²) < 4.78 is 35.5. The predicted octanol–water partition coefficient (Wildman–Crippen LogP) is 3.10. The molecule has 0 spiro atoms. The number of methoxy groups -OCH3 is 1. The number of alkyl halides is 2. The molecular formula is C22H22F2N4O3. The lowest BCUT2D eigenvalue weighted by molar-refractivity contribution is -0.154. The number of hydrogen-bond donors (Lipinski definition) is 3. The van der Waals surface area contributed by atoms with E-state index in [0.717, 1.165) is 7.11 Å². The zero-order chi connectivity index (χ0) is 22.3. The van der Waals surface area contributed by atoms with Crippen LogP contribution in [0.2, 0.25) is 0 Å². The standard InChI is InChI=1S/C22H22F2N4O3/c1-31-20(29)18(12-17-13-25-14-26-17)28-21(30)22(23,24)19(15-8-4-2-5-9-15)27-16-10-6-3-7-11-16/h2-11,13-14,18-19,27H,12H2,1H3,(H,25,26)(H,28,30)/t18-,19?/m0/s1. The molecule has 0 aliphatic rings. The Kier molecular flexibility index (Phi) is 6.96. The number of imidazole rings is 1. The summed E-state index contributed by atoms with van der Waals surface area (Å²) in [5, 5.41) is 4.87. The van der Waals surface area contributed by atoms with Gasteiger partial charge < -0.3 is 20.4 Å². The summed E-state index contributed by atoms with van der Waals surface area (Å²) in [6.45, 7) is 0. The van der Waals surface area contributed by atoms with Crippen molar-refractivity contribution in [2.45, 2.75) is 24.4 Å². The first kappa shape index (κ1) is 21.9. The smallest absolute Gasteiger partial charge is 0.348 e. The highest BCUT2D eigenvalue weighted by Gasteiger charge is 2.49. The molecule has 0 saturated carbocycles. The van der Waals surface area contributed by atoms with E-state index in [0.29, 0.717) is 11.4 Å². The number of carbonyl (C=O) groups is 2. The molecule has 2 atom stereocenters. The van der Waals surface area contributed by atoms with Gasteiger partial charge >= 0.3 is 11.9 Å². The molecule has 0 aliphatic heterocycles. The molecule has 2 aromatic carbocycles. The van der Waals surface area contributed by atoms with E-state index < -0.39 is 29.9 Å². The minimum absolute atomic E-state index is 0.0728. The highest BCUT2D eigenvalue weighted by molar-refractivity contribution is 5.89. The van der Waals surface area contributed by atoms with Crippen molar-refractivity contribution in [3.63, 3.8) is 0 Å². The van der Waals surface area contributed by atoms with E-state index in [-0.39, 0.29) is 12.0 Å². The fourth-order valence-electron chi connectivity index (χ4n) is 3.07. The van der Waals surface area contributed by atoms with E-state index in [1.165, 1.54) is 24.7 Å². The molecule has 1 heterocycles. The molecule has 9 heteroatoms. The van der Waals surface area contributed by atoms with Gasteiger partial charge in [0.15, 0.2) is 0 Å². The van der Waals surface area contributed by atoms with Crippen LogP contribution >= 0.6 is 0 Å². The SMILES string of the molecule is COC(=O)[C@H](Cc1cnc[nH]1)NC(=O)C(F)(F)C(Nc1ccccc1)c1ccccc1. The van der Waals surface area contributed by atoms with Gasteiger partial charge in [-0.15, -0.1) is 0 Å². The molecule has 3 N–H and O–H groups in total. The van der Waals surface area contributed by atoms with Gasteiger partial charge in [0, 0.05) is 24.0 Å². The molecule has 0 fully saturated rings. The van der Waals surface area contributed by atoms with Gasteiger partial charge in [-0.2, -0.15) is 8.78 Å². The van der Waals surface area contributed by atoms with Crippen LogP contribution in [0.4, 0.5) is 14.5 Å². The van der Waals surface area contributed by atoms with Crippen molar-refractivity contribution in [2.24, 2.45) is 0 Å². The second-order valence-corrected chi connectivity index (χ2v) is 6.81. The third-order valence-electron chi connectivity index (χ3n) is 4.65. The van der Waals surface area contributed by atoms with Gasteiger partial charge in [0.1, 0.15) is 12.1 Å². The predicted molar refractivity (Wildman–Crippen MR) is 110 cm³/mol. The average molecular weight is 428 g/mol. The van der Waals surface area contributed by atoms with Gasteiger partial charge in [0.05, 0.1) is 13.4 Å². The largest absolute Gasteiger partial charge is 0.467 e. The summed E-state index contributed by atoms with van der Waals surface area (Å²) in [6.07, 6.45) is 2.75. The lowest BCUT2D eigenvalue weighted by Gasteiger charge is -2.29. The molecule has 1 unspecified atom stereocenters. The number of aromatic nitrogens is 2. The molecule has 0 aliphatic carbocycles. The van der Waals surface area contributed by atoms with Crippen molar-refractivity contribution in [1.82, 2.24) is 15.3 Å². The van der Waals surface area contributed by atoms with E-state index in [1.807, 2.05) is 0 Å². The fourth-order valence-corrected chi connectivity index (χ4v) is 3.07. The minimum atomic E-state index is -3.89. The summed E-state index contributed by atoms with van der Waals surface area (Å²) in [6, 6.07) is 13.3. The Hall–Kier alpha value is -3.75. The first-order chi connectivity index (χ1) is 14.9. The average Bonchev–Trinajstić information content (AvgIpc) is 3.30. The minimum Gasteiger partial charge on any atom is -0.467 e. The number of carbonyl (C=O) groups excluding carboxylic acids is 2. The molecule has 31 heavy (non-hydrogen) atoms. The van der Waals surface area contributed by atoms with Crippen LogP contribution in [-0.4, -0.2) is 40.9 Å². The second kappa shape index (κ2) is 9.84. The van der Waals surface area contributed by atoms with Crippen molar-refractivity contribution >= 4 is 17.6 Å². The van der Waals surface area contributed by atoms with Crippen molar-refractivity contribution < 1.29 is 23.1 Å². The first-order valence-corrected chi connectivity index (χ1v) is 9.52. The van der Waals surface area contributed by atoms with E-state index >= 15 is 8.78 Å². The van der Waals surface area contributed by atoms with E-state index in [1.54, 1.807) is 48.5 Å². The normalized spacial score (nSPS) is 13.1. The number of halogens is 2. The highest BCUT2D eigenvalue weighted by Crippen LogP contribution is 2.35. The molecule has 1 aromatic heterocycles. The highest BCUT2D eigenvalue weighted by atomic mass is 19.3. The molecule has 3 aromatic rings. The maximum absolute atomic E-state index is 15.4. The summed E-state index contributed by atoms with van der Waals surface area (Å²) in [5.74, 6) is -6.33. The number of anilines is 1. The van der Waals surface area contributed by atoms with Gasteiger partial charge in [0.2, 0.25) is 0 Å². The molecule has 0 radical (unpaired) electrons. The maximum Gasteiger partial charge on any atom is 0.348 e. The quantitative estimate of drug-likeness (QED) is 0.455. The monoisotopic (exact) mass is 428 g/mol. The van der Waals surface area contributed by atoms with Gasteiger partial charge in [-0.3, -0.25) is 4.79 Å². The van der Waals surface area contributed by atoms with Crippen LogP contribution in [0.15, 0.2) is 73.2 Å². The number of aromatic amines is 1. The summed E-state index contributed by atoms with van der Waals surface area (Å²) in [5.41, 5.74) is 1.13. The van der Waals surface area contributed by atoms with Crippen molar-refractivity contribution in [2.75, 3.05) is 12.4 Å². The lowest BCUT2D eigenvalue weighted by atomic mass is 9.98. The second-order valence-electron chi connectivity index (χ2n) is 6.81. The van der Waals surface area contributed by atoms with Crippen molar-refractivity contribution in [3.8, 4) is 0 Å². The number of hydrogen-bond acceptors (Lipinski definition) is 5. The van der Waals surface area contributed by atoms with Crippen molar-refractivity contribution in [1.29, 1.82) is 0 Å². The van der Waals surface area contributed by atoms with Gasteiger partial charge in [-0.1, -0.05) is 48.5 Å². The zero-order valence-corrected chi connectivity index (χ0v) is 16.7. The van der Waals surface area contributed by atoms with Crippen LogP contribution in [0.25, 0.3) is 0 Å². The summed E-state index contributed by atoms with van der Waals surface area (Å²) in [7, 11) is 1.12. The third kappa shape index (κ3) is 5.44. The first-order valence-electron chi connectivity index (χ1n) is 9.52. The zero-order valence-electron chi connectivity index (χ0n) is 16.7. The number of H-pyrrole nitrogens is 1. The Morgan fingerprint density at radius 3 is 2.32 bits per heavy atom.